The first-order chi connectivity index (χ1) is 7.58. The summed E-state index contributed by atoms with van der Waals surface area (Å²) in [7, 11) is 2.16. The number of hydrogen-bond donors (Lipinski definition) is 1. The molecular formula is C12H23N3S. The first-order valence-electron chi connectivity index (χ1n) is 5.88. The van der Waals surface area contributed by atoms with Crippen molar-refractivity contribution in [1.29, 1.82) is 0 Å². The van der Waals surface area contributed by atoms with E-state index in [1.165, 1.54) is 4.88 Å². The van der Waals surface area contributed by atoms with Gasteiger partial charge >= 0.3 is 0 Å². The molecule has 0 atom stereocenters. The molecular weight excluding hydrogens is 218 g/mol. The summed E-state index contributed by atoms with van der Waals surface area (Å²) in [6.07, 6.45) is 1.98. The van der Waals surface area contributed by atoms with Gasteiger partial charge in [-0.05, 0) is 26.4 Å². The molecule has 1 heterocycles. The number of nitrogens with one attached hydrogen (secondary N) is 1. The zero-order valence-corrected chi connectivity index (χ0v) is 11.6. The molecule has 1 N–H and O–H groups in total. The van der Waals surface area contributed by atoms with Crippen LogP contribution < -0.4 is 5.32 Å². The van der Waals surface area contributed by atoms with Crippen molar-refractivity contribution in [2.24, 2.45) is 5.92 Å². The minimum Gasteiger partial charge on any atom is -0.315 e. The fraction of sp³-hybridized carbons (Fsp3) is 0.750. The third-order valence-corrected chi connectivity index (χ3v) is 3.22. The van der Waals surface area contributed by atoms with Crippen molar-refractivity contribution in [3.8, 4) is 0 Å². The minimum atomic E-state index is 0.731. The Hall–Kier alpha value is -0.450. The number of aryl methyl sites for hydroxylation is 1. The highest BCUT2D eigenvalue weighted by Crippen LogP contribution is 2.12. The highest BCUT2D eigenvalue weighted by atomic mass is 32.1. The Morgan fingerprint density at radius 1 is 1.50 bits per heavy atom. The number of rotatable bonds is 7. The molecule has 0 saturated heterocycles. The lowest BCUT2D eigenvalue weighted by atomic mass is 10.2. The van der Waals surface area contributed by atoms with Gasteiger partial charge in [0.1, 0.15) is 0 Å². The van der Waals surface area contributed by atoms with Crippen LogP contribution in [0.3, 0.4) is 0 Å². The molecule has 0 aromatic carbocycles. The second-order valence-electron chi connectivity index (χ2n) is 4.68. The normalized spacial score (nSPS) is 11.6. The lowest BCUT2D eigenvalue weighted by Crippen LogP contribution is -2.30. The predicted molar refractivity (Wildman–Crippen MR) is 70.9 cm³/mol. The van der Waals surface area contributed by atoms with Crippen LogP contribution in [-0.4, -0.2) is 36.6 Å². The van der Waals surface area contributed by atoms with Crippen molar-refractivity contribution in [3.63, 3.8) is 0 Å². The first-order valence-corrected chi connectivity index (χ1v) is 6.70. The summed E-state index contributed by atoms with van der Waals surface area (Å²) in [4.78, 5) is 7.95. The molecule has 0 amide bonds. The molecule has 92 valence electrons. The predicted octanol–water partition coefficient (Wildman–Crippen LogP) is 2.13. The van der Waals surface area contributed by atoms with E-state index < -0.39 is 0 Å². The largest absolute Gasteiger partial charge is 0.315 e. The Balaban J connectivity index is 2.13. The number of aromatic nitrogens is 1. The third-order valence-electron chi connectivity index (χ3n) is 2.32. The number of thiazole rings is 1. The van der Waals surface area contributed by atoms with E-state index in [-0.39, 0.29) is 0 Å². The van der Waals surface area contributed by atoms with Gasteiger partial charge in [-0.25, -0.2) is 4.98 Å². The molecule has 0 bridgehead atoms. The molecule has 0 saturated carbocycles. The summed E-state index contributed by atoms with van der Waals surface area (Å²) >= 11 is 1.79. The van der Waals surface area contributed by atoms with E-state index in [9.17, 15) is 0 Å². The Morgan fingerprint density at radius 3 is 2.81 bits per heavy atom. The van der Waals surface area contributed by atoms with Crippen LogP contribution in [0.15, 0.2) is 6.20 Å². The quantitative estimate of drug-likeness (QED) is 0.741. The van der Waals surface area contributed by atoms with E-state index >= 15 is 0 Å². The van der Waals surface area contributed by atoms with Crippen LogP contribution >= 0.6 is 11.3 Å². The summed E-state index contributed by atoms with van der Waals surface area (Å²) in [5, 5.41) is 4.61. The van der Waals surface area contributed by atoms with Crippen LogP contribution in [0.4, 0.5) is 0 Å². The summed E-state index contributed by atoms with van der Waals surface area (Å²) in [5.41, 5.74) is 0. The molecule has 0 fully saturated rings. The molecule has 0 radical (unpaired) electrons. The van der Waals surface area contributed by atoms with Crippen LogP contribution in [-0.2, 0) is 6.54 Å². The molecule has 3 nitrogen and oxygen atoms in total. The van der Waals surface area contributed by atoms with E-state index in [4.69, 9.17) is 0 Å². The van der Waals surface area contributed by atoms with Gasteiger partial charge in [0.15, 0.2) is 0 Å². The van der Waals surface area contributed by atoms with Crippen LogP contribution in [0.25, 0.3) is 0 Å². The van der Waals surface area contributed by atoms with Gasteiger partial charge in [-0.1, -0.05) is 13.8 Å². The topological polar surface area (TPSA) is 28.2 Å². The number of nitrogens with zero attached hydrogens (tertiary/aromatic N) is 2. The summed E-state index contributed by atoms with van der Waals surface area (Å²) in [6.45, 7) is 10.8. The Labute approximate surface area is 103 Å². The van der Waals surface area contributed by atoms with Gasteiger partial charge in [-0.2, -0.15) is 0 Å². The zero-order chi connectivity index (χ0) is 12.0. The van der Waals surface area contributed by atoms with Crippen molar-refractivity contribution in [1.82, 2.24) is 15.2 Å². The lowest BCUT2D eigenvalue weighted by molar-refractivity contribution is 0.324. The minimum absolute atomic E-state index is 0.731. The van der Waals surface area contributed by atoms with Crippen molar-refractivity contribution in [2.45, 2.75) is 27.3 Å². The van der Waals surface area contributed by atoms with Gasteiger partial charge in [-0.3, -0.25) is 4.90 Å². The van der Waals surface area contributed by atoms with E-state index in [0.29, 0.717) is 0 Å². The van der Waals surface area contributed by atoms with Crippen LogP contribution in [0, 0.1) is 12.8 Å². The molecule has 0 unspecified atom stereocenters. The van der Waals surface area contributed by atoms with Gasteiger partial charge in [0.05, 0.1) is 5.01 Å². The lowest BCUT2D eigenvalue weighted by Gasteiger charge is -2.16. The van der Waals surface area contributed by atoms with Gasteiger partial charge in [0, 0.05) is 30.7 Å². The van der Waals surface area contributed by atoms with Gasteiger partial charge in [-0.15, -0.1) is 11.3 Å². The second-order valence-corrected chi connectivity index (χ2v) is 6.00. The van der Waals surface area contributed by atoms with Crippen molar-refractivity contribution >= 4 is 11.3 Å². The fourth-order valence-corrected chi connectivity index (χ4v) is 2.36. The maximum absolute atomic E-state index is 4.27. The van der Waals surface area contributed by atoms with E-state index in [1.807, 2.05) is 6.20 Å². The number of likely N-dealkylation sites (N-methyl/N-ethyl adjacent to an activating group) is 1. The number of hydrogen-bond acceptors (Lipinski definition) is 4. The second kappa shape index (κ2) is 6.99. The Kier molecular flexibility index (Phi) is 5.95. The van der Waals surface area contributed by atoms with Gasteiger partial charge < -0.3 is 5.32 Å². The first kappa shape index (κ1) is 13.6. The van der Waals surface area contributed by atoms with Crippen molar-refractivity contribution < 1.29 is 0 Å². The zero-order valence-electron chi connectivity index (χ0n) is 10.8. The average Bonchev–Trinajstić information content (AvgIpc) is 2.58. The maximum Gasteiger partial charge on any atom is 0.0897 e. The van der Waals surface area contributed by atoms with Gasteiger partial charge in [0.2, 0.25) is 0 Å². The van der Waals surface area contributed by atoms with Crippen molar-refractivity contribution in [3.05, 3.63) is 16.1 Å². The molecule has 16 heavy (non-hydrogen) atoms. The summed E-state index contributed by atoms with van der Waals surface area (Å²) in [5.74, 6) is 0.731. The van der Waals surface area contributed by atoms with Crippen LogP contribution in [0.1, 0.15) is 23.7 Å². The van der Waals surface area contributed by atoms with E-state index in [0.717, 1.165) is 37.1 Å². The Morgan fingerprint density at radius 2 is 2.25 bits per heavy atom. The SMILES string of the molecule is Cc1ncc(CN(C)CCNCC(C)C)s1. The molecule has 1 aromatic heterocycles. The van der Waals surface area contributed by atoms with Crippen molar-refractivity contribution in [2.75, 3.05) is 26.7 Å². The third kappa shape index (κ3) is 5.58. The summed E-state index contributed by atoms with van der Waals surface area (Å²) in [6, 6.07) is 0. The highest BCUT2D eigenvalue weighted by Gasteiger charge is 2.03. The van der Waals surface area contributed by atoms with Crippen LogP contribution in [0.2, 0.25) is 0 Å². The average molecular weight is 241 g/mol. The van der Waals surface area contributed by atoms with E-state index in [1.54, 1.807) is 11.3 Å². The fourth-order valence-electron chi connectivity index (χ4n) is 1.48. The highest BCUT2D eigenvalue weighted by molar-refractivity contribution is 7.11. The Bertz CT molecular complexity index is 296. The molecule has 0 aliphatic heterocycles. The molecule has 0 aliphatic rings. The smallest absolute Gasteiger partial charge is 0.0897 e. The van der Waals surface area contributed by atoms with Gasteiger partial charge in [0.25, 0.3) is 0 Å². The van der Waals surface area contributed by atoms with E-state index in [2.05, 4.69) is 43.0 Å². The summed E-state index contributed by atoms with van der Waals surface area (Å²) < 4.78 is 0. The molecule has 1 rings (SSSR count). The monoisotopic (exact) mass is 241 g/mol. The molecule has 1 aromatic rings. The maximum atomic E-state index is 4.27. The molecule has 0 spiro atoms. The molecule has 4 heteroatoms. The standard InChI is InChI=1S/C12H23N3S/c1-10(2)7-13-5-6-15(4)9-12-8-14-11(3)16-12/h8,10,13H,5-7,9H2,1-4H3. The van der Waals surface area contributed by atoms with Crippen LogP contribution in [0.5, 0.6) is 0 Å². The molecule has 0 aliphatic carbocycles.